The van der Waals surface area contributed by atoms with Crippen LogP contribution in [0.1, 0.15) is 135 Å². The Balaban J connectivity index is 1.40. The average Bonchev–Trinajstić information content (AvgIpc) is 1.60. The zero-order chi connectivity index (χ0) is 80.0. The summed E-state index contributed by atoms with van der Waals surface area (Å²) in [6, 6.07) is 2.56. The van der Waals surface area contributed by atoms with Gasteiger partial charge in [-0.3, -0.25) is 77.3 Å². The number of thioether (sulfide) groups is 1. The number of aliphatic imine (C=N–C) groups is 5. The molecule has 107 heavy (non-hydrogen) atoms. The minimum Gasteiger partial charge on any atom is -0.370 e. The fourth-order valence-corrected chi connectivity index (χ4v) is 14.2. The fraction of sp³-hybridized carbons (Fsp3) is 0.544. The van der Waals surface area contributed by atoms with Crippen molar-refractivity contribution in [2.45, 2.75) is 181 Å². The Kier molecular flexibility index (Phi) is 35.7. The number of guanidine groups is 4. The number of likely N-dealkylation sites (N-methyl/N-ethyl adjacent to an activating group) is 1. The molecule has 1 unspecified atom stereocenters. The van der Waals surface area contributed by atoms with Crippen LogP contribution < -0.4 is 88.4 Å². The summed E-state index contributed by atoms with van der Waals surface area (Å²) >= 11 is 0.887. The van der Waals surface area contributed by atoms with Crippen LogP contribution in [0.5, 0.6) is 0 Å². The van der Waals surface area contributed by atoms with E-state index in [0.29, 0.717) is 55.6 Å². The third-order valence-electron chi connectivity index (χ3n) is 17.7. The number of hydrogen-bond acceptors (Lipinski definition) is 20. The standard InChI is InChI=1S/C68H108N22O14S3/c1-8-79-53(67(3,4)44-37-42(106(99,100)101)27-26-41(44)2)23-11-9-12-24-54-68(5,6)45-38-43(107(102,103)104)28-29-51(45)89(54)35-14-10-13-25-55(91)80-34-36-90-56(92)39-52(62(90)98)105-40-50(57(69)93)88-61(97)49(22-18-33-84-66(76)77)87-60(96)48(21-17-32-83-65(74)75)86-59(95)47(20-16-31-82-64(72)73)85-58(94)46(78-7)19-15-30-81-63(70)71/h9,11-12,23-24,26-29,37-38,46-50,52,78H,8,10,13-22,25,30-36,39-40H2,1-7H3,(H2,69,93)(H,80,91)(H,85,94)(H,86,95)(H,87,96)(H,88,97)(H4,70,71,81)(H4,72,73,82)(H4,74,75,83)(H4,76,77,84)(H,99,100,101)(H,102,103,104)/b12-9+,23-11+,54-24+,79-53?/t46-,47-,48-,49-,50-,52?/m1/s1. The van der Waals surface area contributed by atoms with Gasteiger partial charge in [0.25, 0.3) is 20.2 Å². The number of imide groups is 1. The minimum absolute atomic E-state index is 0.00630. The molecule has 39 heteroatoms. The predicted octanol–water partition coefficient (Wildman–Crippen LogP) is -1.21. The smallest absolute Gasteiger partial charge is 0.294 e. The van der Waals surface area contributed by atoms with Crippen LogP contribution in [0, 0.1) is 6.92 Å². The van der Waals surface area contributed by atoms with E-state index in [4.69, 9.17) is 56.6 Å². The van der Waals surface area contributed by atoms with Crippen LogP contribution in [0.3, 0.4) is 0 Å². The van der Waals surface area contributed by atoms with Gasteiger partial charge in [0.1, 0.15) is 24.2 Å². The lowest BCUT2D eigenvalue weighted by Gasteiger charge is -2.28. The summed E-state index contributed by atoms with van der Waals surface area (Å²) in [6.07, 6.45) is 11.6. The number of nitrogens with one attached hydrogen (secondary N) is 6. The topological polar surface area (TPSA) is 620 Å². The molecule has 36 nitrogen and oxygen atoms in total. The quantitative estimate of drug-likeness (QED) is 0.00923. The van der Waals surface area contributed by atoms with E-state index in [9.17, 15) is 64.3 Å². The van der Waals surface area contributed by atoms with Crippen LogP contribution in [-0.2, 0) is 69.4 Å². The first kappa shape index (κ1) is 89.7. The Bertz CT molecular complexity index is 3960. The second-order valence-electron chi connectivity index (χ2n) is 26.5. The second-order valence-corrected chi connectivity index (χ2v) is 30.6. The molecule has 26 N–H and O–H groups in total. The molecule has 2 aromatic carbocycles. The average molecular weight is 1550 g/mol. The Hall–Kier alpha value is -9.70. The predicted molar refractivity (Wildman–Crippen MR) is 413 cm³/mol. The number of aryl methyl sites for hydroxylation is 1. The van der Waals surface area contributed by atoms with Crippen molar-refractivity contribution in [2.24, 2.45) is 76.6 Å². The maximum atomic E-state index is 14.4. The molecule has 0 saturated carbocycles. The first-order valence-electron chi connectivity index (χ1n) is 35.0. The molecule has 1 fully saturated rings. The molecule has 2 heterocycles. The van der Waals surface area contributed by atoms with E-state index in [1.165, 1.54) is 24.3 Å². The third-order valence-corrected chi connectivity index (χ3v) is 20.7. The van der Waals surface area contributed by atoms with Crippen molar-refractivity contribution in [3.8, 4) is 0 Å². The summed E-state index contributed by atoms with van der Waals surface area (Å²) in [5.41, 5.74) is 52.7. The SMILES string of the molecule is CCN=C(/C=C/C=C/C=C1/N(CCCCCC(=O)NCCN2C(=O)CC(SC[C@@H](NC(=O)[C@@H](CCCN=C(N)N)NC(=O)[C@@H](CCCN=C(N)N)NC(=O)[C@@H](CCCN=C(N)N)NC(=O)[C@@H](CCCN=C(N)N)NC)C(N)=O)C2=O)c2ccc(S(=O)(=O)O)cc2C1(C)C)C(C)(C)c1cc(S(=O)(=O)O)ccc1C. The van der Waals surface area contributed by atoms with Crippen molar-refractivity contribution in [3.05, 3.63) is 89.2 Å². The van der Waals surface area contributed by atoms with Crippen LogP contribution >= 0.6 is 11.8 Å². The van der Waals surface area contributed by atoms with Crippen molar-refractivity contribution in [1.82, 2.24) is 36.8 Å². The number of nitrogens with two attached hydrogens (primary N) is 9. The van der Waals surface area contributed by atoms with Gasteiger partial charge in [-0.15, -0.1) is 11.8 Å². The largest absolute Gasteiger partial charge is 0.370 e. The first-order chi connectivity index (χ1) is 50.2. The highest BCUT2D eigenvalue weighted by molar-refractivity contribution is 8.00. The zero-order valence-electron chi connectivity index (χ0n) is 61.7. The molecule has 0 spiro atoms. The van der Waals surface area contributed by atoms with Gasteiger partial charge in [0.2, 0.25) is 47.3 Å². The van der Waals surface area contributed by atoms with Gasteiger partial charge in [0.15, 0.2) is 23.8 Å². The molecule has 592 valence electrons. The number of anilines is 1. The van der Waals surface area contributed by atoms with Crippen LogP contribution in [0.15, 0.2) is 107 Å². The summed E-state index contributed by atoms with van der Waals surface area (Å²) in [7, 11) is -7.45. The van der Waals surface area contributed by atoms with Crippen LogP contribution in [-0.4, -0.2) is 208 Å². The van der Waals surface area contributed by atoms with Crippen LogP contribution in [0.4, 0.5) is 5.69 Å². The number of carbonyl (C=O) groups excluding carboxylic acids is 8. The molecule has 8 amide bonds. The molecule has 0 bridgehead atoms. The van der Waals surface area contributed by atoms with E-state index < -0.39 is 108 Å². The second kappa shape index (κ2) is 42.6. The number of unbranched alkanes of at least 4 members (excludes halogenated alkanes) is 2. The molecule has 1 saturated heterocycles. The number of allylic oxidation sites excluding steroid dienone is 6. The lowest BCUT2D eigenvalue weighted by atomic mass is 9.77. The molecular weight excluding hydrogens is 1450 g/mol. The van der Waals surface area contributed by atoms with Gasteiger partial charge in [-0.05, 0) is 144 Å². The molecule has 0 aromatic heterocycles. The van der Waals surface area contributed by atoms with Gasteiger partial charge in [0.05, 0.1) is 21.1 Å². The monoisotopic (exact) mass is 1550 g/mol. The summed E-state index contributed by atoms with van der Waals surface area (Å²) in [6.45, 7) is 12.4. The minimum atomic E-state index is -4.54. The molecular formula is C68H108N22O14S3. The van der Waals surface area contributed by atoms with Gasteiger partial charge < -0.3 is 88.4 Å². The van der Waals surface area contributed by atoms with Crippen molar-refractivity contribution in [2.75, 3.05) is 70.1 Å². The Labute approximate surface area is 629 Å². The normalized spacial score (nSPS) is 16.3. The number of likely N-dealkylation sites (tertiary alicyclic amines) is 1. The number of rotatable bonds is 46. The molecule has 0 radical (unpaired) electrons. The number of hydrogen-bond donors (Lipinski definition) is 17. The summed E-state index contributed by atoms with van der Waals surface area (Å²) in [5, 5.41) is 15.3. The number of primary amides is 1. The summed E-state index contributed by atoms with van der Waals surface area (Å²) in [4.78, 5) is 133. The third kappa shape index (κ3) is 28.8. The summed E-state index contributed by atoms with van der Waals surface area (Å²) in [5.74, 6) is -6.70. The van der Waals surface area contributed by atoms with Crippen molar-refractivity contribution in [1.29, 1.82) is 0 Å². The molecule has 0 aliphatic carbocycles. The Morgan fingerprint density at radius 2 is 1.10 bits per heavy atom. The summed E-state index contributed by atoms with van der Waals surface area (Å²) < 4.78 is 68.5. The molecule has 2 aliphatic rings. The van der Waals surface area contributed by atoms with Gasteiger partial charge in [0, 0.05) is 98.9 Å². The van der Waals surface area contributed by atoms with Crippen molar-refractivity contribution < 1.29 is 64.3 Å². The van der Waals surface area contributed by atoms with Crippen molar-refractivity contribution in [3.63, 3.8) is 0 Å². The lowest BCUT2D eigenvalue weighted by Crippen LogP contribution is -2.59. The van der Waals surface area contributed by atoms with Gasteiger partial charge in [-0.2, -0.15) is 16.8 Å². The molecule has 2 aromatic rings. The highest BCUT2D eigenvalue weighted by atomic mass is 32.2. The number of benzene rings is 2. The van der Waals surface area contributed by atoms with E-state index in [1.807, 2.05) is 59.8 Å². The lowest BCUT2D eigenvalue weighted by molar-refractivity contribution is -0.138. The van der Waals surface area contributed by atoms with Crippen LogP contribution in [0.25, 0.3) is 0 Å². The van der Waals surface area contributed by atoms with Gasteiger partial charge in [-0.25, -0.2) is 0 Å². The fourth-order valence-electron chi connectivity index (χ4n) is 12.0. The van der Waals surface area contributed by atoms with E-state index >= 15 is 0 Å². The van der Waals surface area contributed by atoms with Crippen molar-refractivity contribution >= 4 is 114 Å². The number of nitrogens with zero attached hydrogens (tertiary/aromatic N) is 7. The van der Waals surface area contributed by atoms with E-state index in [2.05, 4.69) is 56.8 Å². The van der Waals surface area contributed by atoms with Gasteiger partial charge >= 0.3 is 0 Å². The number of fused-ring (bicyclic) bond motifs is 1. The molecule has 2 aliphatic heterocycles. The van der Waals surface area contributed by atoms with E-state index in [0.717, 1.165) is 33.6 Å². The maximum absolute atomic E-state index is 14.4. The molecule has 4 rings (SSSR count). The maximum Gasteiger partial charge on any atom is 0.294 e. The van der Waals surface area contributed by atoms with E-state index in [1.54, 1.807) is 31.3 Å². The number of amides is 8. The highest BCUT2D eigenvalue weighted by Crippen LogP contribution is 2.48. The molecule has 6 atom stereocenters. The van der Waals surface area contributed by atoms with E-state index in [-0.39, 0.29) is 142 Å². The van der Waals surface area contributed by atoms with Crippen LogP contribution in [0.2, 0.25) is 0 Å². The number of carbonyl (C=O) groups is 8. The zero-order valence-corrected chi connectivity index (χ0v) is 64.2. The first-order valence-corrected chi connectivity index (χ1v) is 38.9. The highest BCUT2D eigenvalue weighted by Gasteiger charge is 2.42. The Morgan fingerprint density at radius 3 is 1.58 bits per heavy atom. The Morgan fingerprint density at radius 1 is 0.626 bits per heavy atom. The van der Waals surface area contributed by atoms with Gasteiger partial charge in [-0.1, -0.05) is 58.4 Å².